The van der Waals surface area contributed by atoms with Crippen LogP contribution in [0.3, 0.4) is 0 Å². The molecule has 0 aliphatic rings. The van der Waals surface area contributed by atoms with Gasteiger partial charge in [0.2, 0.25) is 0 Å². The van der Waals surface area contributed by atoms with E-state index >= 15 is 0 Å². The average molecular weight is 452 g/mol. The zero-order chi connectivity index (χ0) is 13.9. The zero-order valence-electron chi connectivity index (χ0n) is 12.2. The fraction of sp³-hybridized carbons (Fsp3) is 0.167. The predicted octanol–water partition coefficient (Wildman–Crippen LogP) is 4.36. The summed E-state index contributed by atoms with van der Waals surface area (Å²) in [4.78, 5) is 0. The molecule has 0 N–H and O–H groups in total. The van der Waals surface area contributed by atoms with Crippen molar-refractivity contribution in [2.75, 3.05) is 0 Å². The van der Waals surface area contributed by atoms with Crippen LogP contribution in [0.5, 0.6) is 0 Å². The van der Waals surface area contributed by atoms with Gasteiger partial charge in [0.1, 0.15) is 0 Å². The number of fused-ring (bicyclic) bond motifs is 6. The van der Waals surface area contributed by atoms with Gasteiger partial charge in [-0.25, -0.2) is 0 Å². The third-order valence-corrected chi connectivity index (χ3v) is 3.90. The van der Waals surface area contributed by atoms with Gasteiger partial charge in [0.15, 0.2) is 0 Å². The fourth-order valence-electron chi connectivity index (χ4n) is 3.19. The van der Waals surface area contributed by atoms with Crippen LogP contribution in [0.2, 0.25) is 0 Å². The summed E-state index contributed by atoms with van der Waals surface area (Å²) >= 11 is 0. The van der Waals surface area contributed by atoms with E-state index in [-0.39, 0.29) is 20.1 Å². The van der Waals surface area contributed by atoms with Gasteiger partial charge in [-0.1, -0.05) is 23.1 Å². The molecule has 4 rings (SSSR count). The summed E-state index contributed by atoms with van der Waals surface area (Å²) in [5.74, 6) is 0. The molecule has 3 heteroatoms. The van der Waals surface area contributed by atoms with Crippen LogP contribution >= 0.6 is 0 Å². The van der Waals surface area contributed by atoms with E-state index in [4.69, 9.17) is 0 Å². The number of aromatic nitrogens is 2. The molecular formula is C18H15IrN2-. The first kappa shape index (κ1) is 14.2. The van der Waals surface area contributed by atoms with Gasteiger partial charge in [0, 0.05) is 20.1 Å². The molecule has 4 aromatic rings. The van der Waals surface area contributed by atoms with Crippen molar-refractivity contribution in [2.45, 2.75) is 20.8 Å². The predicted molar refractivity (Wildman–Crippen MR) is 83.3 cm³/mol. The number of pyridine rings is 1. The second-order valence-corrected chi connectivity index (χ2v) is 5.52. The van der Waals surface area contributed by atoms with E-state index in [9.17, 15) is 0 Å². The maximum atomic E-state index is 4.64. The summed E-state index contributed by atoms with van der Waals surface area (Å²) in [6, 6.07) is 16.2. The number of hydrogen-bond acceptors (Lipinski definition) is 1. The van der Waals surface area contributed by atoms with Gasteiger partial charge in [0.25, 0.3) is 0 Å². The number of benzene rings is 2. The molecule has 0 aliphatic carbocycles. The van der Waals surface area contributed by atoms with Crippen molar-refractivity contribution in [1.29, 1.82) is 0 Å². The summed E-state index contributed by atoms with van der Waals surface area (Å²) in [5, 5.41) is 8.44. The third-order valence-electron chi connectivity index (χ3n) is 3.90. The van der Waals surface area contributed by atoms with E-state index in [0.717, 1.165) is 11.2 Å². The van der Waals surface area contributed by atoms with Crippen molar-refractivity contribution in [3.63, 3.8) is 0 Å². The van der Waals surface area contributed by atoms with Gasteiger partial charge in [-0.05, 0) is 43.3 Å². The summed E-state index contributed by atoms with van der Waals surface area (Å²) in [6.07, 6.45) is 0. The molecule has 0 spiro atoms. The minimum atomic E-state index is 0. The molecule has 107 valence electrons. The molecule has 1 radical (unpaired) electrons. The topological polar surface area (TPSA) is 17.3 Å². The number of rotatable bonds is 0. The Hall–Kier alpha value is -1.70. The Morgan fingerprint density at radius 2 is 1.86 bits per heavy atom. The Bertz CT molecular complexity index is 983. The first-order valence-electron chi connectivity index (χ1n) is 6.85. The largest absolute Gasteiger partial charge is 0.257 e. The van der Waals surface area contributed by atoms with E-state index in [1.165, 1.54) is 32.8 Å². The standard InChI is InChI=1S/C18H15N2.Ir/c1-11-8-12(2)18-15(9-11)14-6-4-5-7-16(14)20-17(18)10-13(3)19-20;/h4-6,8-10H,1-3H3;/q-1;. The molecule has 2 nitrogen and oxygen atoms in total. The van der Waals surface area contributed by atoms with Crippen molar-refractivity contribution < 1.29 is 20.1 Å². The number of hydrogen-bond donors (Lipinski definition) is 0. The first-order chi connectivity index (χ1) is 9.65. The molecular weight excluding hydrogens is 436 g/mol. The van der Waals surface area contributed by atoms with Crippen LogP contribution in [0.15, 0.2) is 36.4 Å². The van der Waals surface area contributed by atoms with Crippen LogP contribution in [0.25, 0.3) is 27.2 Å². The third kappa shape index (κ3) is 2.00. The van der Waals surface area contributed by atoms with Gasteiger partial charge < -0.3 is 0 Å². The Morgan fingerprint density at radius 1 is 1.05 bits per heavy atom. The second-order valence-electron chi connectivity index (χ2n) is 5.52. The van der Waals surface area contributed by atoms with Crippen molar-refractivity contribution in [3.8, 4) is 0 Å². The molecule has 0 amide bonds. The van der Waals surface area contributed by atoms with Gasteiger partial charge in [0.05, 0.1) is 11.2 Å². The van der Waals surface area contributed by atoms with Crippen LogP contribution in [0.4, 0.5) is 0 Å². The summed E-state index contributed by atoms with van der Waals surface area (Å²) in [6.45, 7) is 6.37. The van der Waals surface area contributed by atoms with E-state index in [2.05, 4.69) is 49.3 Å². The molecule has 0 saturated carbocycles. The van der Waals surface area contributed by atoms with Crippen molar-refractivity contribution >= 4 is 27.2 Å². The maximum absolute atomic E-state index is 4.64. The maximum Gasteiger partial charge on any atom is 0.0717 e. The van der Waals surface area contributed by atoms with Gasteiger partial charge in [-0.15, -0.1) is 5.39 Å². The first-order valence-corrected chi connectivity index (χ1v) is 6.85. The summed E-state index contributed by atoms with van der Waals surface area (Å²) < 4.78 is 2.02. The van der Waals surface area contributed by atoms with Crippen LogP contribution in [-0.4, -0.2) is 9.61 Å². The number of aryl methyl sites for hydroxylation is 3. The molecule has 0 atom stereocenters. The van der Waals surface area contributed by atoms with Crippen LogP contribution < -0.4 is 0 Å². The van der Waals surface area contributed by atoms with Crippen molar-refractivity contribution in [1.82, 2.24) is 9.61 Å². The van der Waals surface area contributed by atoms with Gasteiger partial charge in [-0.2, -0.15) is 29.4 Å². The molecule has 0 fully saturated rings. The van der Waals surface area contributed by atoms with Crippen LogP contribution in [-0.2, 0) is 20.1 Å². The quantitative estimate of drug-likeness (QED) is 0.287. The van der Waals surface area contributed by atoms with E-state index < -0.39 is 0 Å². The van der Waals surface area contributed by atoms with Gasteiger partial charge in [-0.3, -0.25) is 4.52 Å². The number of nitrogens with zero attached hydrogens (tertiary/aromatic N) is 2. The van der Waals surface area contributed by atoms with Gasteiger partial charge >= 0.3 is 0 Å². The van der Waals surface area contributed by atoms with Crippen molar-refractivity contribution in [2.24, 2.45) is 0 Å². The minimum absolute atomic E-state index is 0. The van der Waals surface area contributed by atoms with E-state index in [1.54, 1.807) is 0 Å². The molecule has 2 aromatic heterocycles. The Morgan fingerprint density at radius 3 is 2.67 bits per heavy atom. The monoisotopic (exact) mass is 452 g/mol. The SMILES string of the molecule is Cc1cc(C)c2c(c1)c1ccc[c-]c1n1nc(C)cc21.[Ir]. The fourth-order valence-corrected chi connectivity index (χ4v) is 3.19. The normalized spacial score (nSPS) is 11.2. The Balaban J connectivity index is 0.00000132. The molecule has 2 heterocycles. The van der Waals surface area contributed by atoms with E-state index in [1.807, 2.05) is 23.6 Å². The molecule has 0 unspecified atom stereocenters. The zero-order valence-corrected chi connectivity index (χ0v) is 14.6. The number of para-hydroxylation sites is 1. The molecule has 21 heavy (non-hydrogen) atoms. The minimum Gasteiger partial charge on any atom is -0.257 e. The second kappa shape index (κ2) is 4.94. The van der Waals surface area contributed by atoms with Crippen molar-refractivity contribution in [3.05, 3.63) is 59.3 Å². The Labute approximate surface area is 137 Å². The van der Waals surface area contributed by atoms with E-state index in [0.29, 0.717) is 0 Å². The van der Waals surface area contributed by atoms with Crippen LogP contribution in [0.1, 0.15) is 16.8 Å². The summed E-state index contributed by atoms with van der Waals surface area (Å²) in [5.41, 5.74) is 5.85. The summed E-state index contributed by atoms with van der Waals surface area (Å²) in [7, 11) is 0. The molecule has 0 bridgehead atoms. The van der Waals surface area contributed by atoms with Crippen LogP contribution in [0, 0.1) is 26.8 Å². The molecule has 2 aromatic carbocycles. The average Bonchev–Trinajstić information content (AvgIpc) is 2.80. The molecule has 0 aliphatic heterocycles. The smallest absolute Gasteiger partial charge is 0.0717 e. The Kier molecular flexibility index (Phi) is 3.35. The molecule has 0 saturated heterocycles.